The highest BCUT2D eigenvalue weighted by Gasteiger charge is 2.14. The molecule has 0 unspecified atom stereocenters. The Morgan fingerprint density at radius 3 is 2.74 bits per heavy atom. The molecule has 0 radical (unpaired) electrons. The molecule has 0 aliphatic rings. The number of benzene rings is 1. The van der Waals surface area contributed by atoms with Crippen LogP contribution in [-0.4, -0.2) is 17.5 Å². The number of ether oxygens (including phenoxy) is 1. The summed E-state index contributed by atoms with van der Waals surface area (Å²) in [6.07, 6.45) is 0.924. The molecule has 0 aliphatic carbocycles. The number of nitrogen functional groups attached to an aromatic ring is 1. The lowest BCUT2D eigenvalue weighted by atomic mass is 10.1. The van der Waals surface area contributed by atoms with E-state index in [-0.39, 0.29) is 5.82 Å². The molecule has 0 atom stereocenters. The van der Waals surface area contributed by atoms with Crippen molar-refractivity contribution in [2.24, 2.45) is 5.73 Å². The third-order valence-corrected chi connectivity index (χ3v) is 2.75. The average Bonchev–Trinajstić information content (AvgIpc) is 2.79. The maximum absolute atomic E-state index is 11.2. The fourth-order valence-corrected chi connectivity index (χ4v) is 1.85. The summed E-state index contributed by atoms with van der Waals surface area (Å²) in [6.45, 7) is 2.68. The van der Waals surface area contributed by atoms with Gasteiger partial charge in [-0.1, -0.05) is 19.1 Å². The van der Waals surface area contributed by atoms with E-state index in [1.807, 2.05) is 31.2 Å². The zero-order chi connectivity index (χ0) is 13.8. The monoisotopic (exact) mass is 259 g/mol. The van der Waals surface area contributed by atoms with Gasteiger partial charge in [-0.2, -0.15) is 0 Å². The Morgan fingerprint density at radius 2 is 2.11 bits per heavy atom. The number of carbonyl (C=O) groups excluding carboxylic acids is 1. The molecule has 0 spiro atoms. The Balaban J connectivity index is 2.41. The number of rotatable bonds is 5. The highest BCUT2D eigenvalue weighted by atomic mass is 16.5. The number of H-pyrrole nitrogens is 1. The Morgan fingerprint density at radius 1 is 1.37 bits per heavy atom. The molecule has 0 saturated carbocycles. The van der Waals surface area contributed by atoms with Crippen LogP contribution >= 0.6 is 0 Å². The first kappa shape index (κ1) is 13.0. The van der Waals surface area contributed by atoms with Gasteiger partial charge in [-0.3, -0.25) is 4.79 Å². The molecule has 19 heavy (non-hydrogen) atoms. The molecule has 0 fully saturated rings. The van der Waals surface area contributed by atoms with Crippen LogP contribution < -0.4 is 16.2 Å². The number of primary amides is 1. The third kappa shape index (κ3) is 2.70. The third-order valence-electron chi connectivity index (χ3n) is 2.75. The van der Waals surface area contributed by atoms with E-state index < -0.39 is 5.91 Å². The van der Waals surface area contributed by atoms with Crippen LogP contribution in [0, 0.1) is 0 Å². The number of nitrogens with two attached hydrogens (primary N) is 2. The molecule has 2 rings (SSSR count). The van der Waals surface area contributed by atoms with Crippen LogP contribution in [0.5, 0.6) is 5.75 Å². The number of para-hydroxylation sites is 1. The predicted molar refractivity (Wildman–Crippen MR) is 74.9 cm³/mol. The molecule has 1 heterocycles. The molecule has 1 amide bonds. The van der Waals surface area contributed by atoms with Crippen LogP contribution in [0.1, 0.15) is 23.7 Å². The molecule has 100 valence electrons. The Kier molecular flexibility index (Phi) is 3.75. The van der Waals surface area contributed by atoms with Gasteiger partial charge >= 0.3 is 0 Å². The first-order valence-corrected chi connectivity index (χ1v) is 6.14. The largest absolute Gasteiger partial charge is 0.493 e. The van der Waals surface area contributed by atoms with Gasteiger partial charge in [0.15, 0.2) is 0 Å². The van der Waals surface area contributed by atoms with Crippen molar-refractivity contribution in [3.63, 3.8) is 0 Å². The summed E-state index contributed by atoms with van der Waals surface area (Å²) < 4.78 is 5.67. The van der Waals surface area contributed by atoms with Gasteiger partial charge in [0, 0.05) is 5.56 Å². The van der Waals surface area contributed by atoms with Gasteiger partial charge in [-0.15, -0.1) is 0 Å². The summed E-state index contributed by atoms with van der Waals surface area (Å²) in [5.74, 6) is 0.473. The van der Waals surface area contributed by atoms with Gasteiger partial charge in [0.2, 0.25) is 0 Å². The highest BCUT2D eigenvalue weighted by molar-refractivity contribution is 5.99. The second-order valence-corrected chi connectivity index (χ2v) is 4.22. The number of nitrogens with one attached hydrogen (secondary N) is 1. The van der Waals surface area contributed by atoms with Crippen LogP contribution in [-0.2, 0) is 0 Å². The van der Waals surface area contributed by atoms with Crippen molar-refractivity contribution >= 4 is 11.7 Å². The van der Waals surface area contributed by atoms with Crippen molar-refractivity contribution in [3.05, 3.63) is 35.9 Å². The number of hydrogen-bond donors (Lipinski definition) is 3. The Bertz CT molecular complexity index is 590. The van der Waals surface area contributed by atoms with E-state index in [1.165, 1.54) is 0 Å². The van der Waals surface area contributed by atoms with E-state index in [9.17, 15) is 4.79 Å². The highest BCUT2D eigenvalue weighted by Crippen LogP contribution is 2.31. The SMILES string of the molecule is CCCOc1ccccc1-c1cc(C(N)=O)c(N)[nH]1. The van der Waals surface area contributed by atoms with Crippen molar-refractivity contribution in [1.82, 2.24) is 4.98 Å². The summed E-state index contributed by atoms with van der Waals surface area (Å²) in [6, 6.07) is 9.23. The lowest BCUT2D eigenvalue weighted by Crippen LogP contribution is -2.11. The molecule has 1 aromatic heterocycles. The van der Waals surface area contributed by atoms with Gasteiger partial charge < -0.3 is 21.2 Å². The van der Waals surface area contributed by atoms with Crippen molar-refractivity contribution in [2.75, 3.05) is 12.3 Å². The van der Waals surface area contributed by atoms with E-state index >= 15 is 0 Å². The minimum absolute atomic E-state index is 0.271. The molecule has 5 nitrogen and oxygen atoms in total. The van der Waals surface area contributed by atoms with Gasteiger partial charge in [-0.05, 0) is 24.6 Å². The van der Waals surface area contributed by atoms with Crippen molar-refractivity contribution in [2.45, 2.75) is 13.3 Å². The molecule has 0 aliphatic heterocycles. The molecule has 0 saturated heterocycles. The van der Waals surface area contributed by atoms with Crippen LogP contribution in [0.3, 0.4) is 0 Å². The van der Waals surface area contributed by atoms with Gasteiger partial charge in [0.05, 0.1) is 17.9 Å². The van der Waals surface area contributed by atoms with E-state index in [2.05, 4.69) is 4.98 Å². The van der Waals surface area contributed by atoms with Gasteiger partial charge in [0.25, 0.3) is 5.91 Å². The average molecular weight is 259 g/mol. The predicted octanol–water partition coefficient (Wildman–Crippen LogP) is 2.15. The molecular weight excluding hydrogens is 242 g/mol. The fourth-order valence-electron chi connectivity index (χ4n) is 1.85. The first-order chi connectivity index (χ1) is 9.13. The second kappa shape index (κ2) is 5.48. The number of aromatic nitrogens is 1. The van der Waals surface area contributed by atoms with Crippen molar-refractivity contribution in [1.29, 1.82) is 0 Å². The zero-order valence-electron chi connectivity index (χ0n) is 10.8. The summed E-state index contributed by atoms with van der Waals surface area (Å²) in [7, 11) is 0. The quantitative estimate of drug-likeness (QED) is 0.767. The number of aromatic amines is 1. The normalized spacial score (nSPS) is 10.4. The zero-order valence-corrected chi connectivity index (χ0v) is 10.8. The maximum atomic E-state index is 11.2. The lowest BCUT2D eigenvalue weighted by Gasteiger charge is -2.09. The molecule has 0 bridgehead atoms. The molecule has 5 N–H and O–H groups in total. The standard InChI is InChI=1S/C14H17N3O2/c1-2-7-19-12-6-4-3-5-9(12)11-8-10(14(16)18)13(15)17-11/h3-6,8,17H,2,7,15H2,1H3,(H2,16,18). The van der Waals surface area contributed by atoms with Crippen LogP contribution in [0.2, 0.25) is 0 Å². The topological polar surface area (TPSA) is 94.1 Å². The first-order valence-electron chi connectivity index (χ1n) is 6.14. The van der Waals surface area contributed by atoms with Crippen molar-refractivity contribution in [3.8, 4) is 17.0 Å². The summed E-state index contributed by atoms with van der Waals surface area (Å²) in [5.41, 5.74) is 12.9. The van der Waals surface area contributed by atoms with Crippen LogP contribution in [0.4, 0.5) is 5.82 Å². The number of carbonyl (C=O) groups is 1. The van der Waals surface area contributed by atoms with Crippen LogP contribution in [0.15, 0.2) is 30.3 Å². The summed E-state index contributed by atoms with van der Waals surface area (Å²) in [4.78, 5) is 14.2. The Labute approximate surface area is 111 Å². The molecule has 2 aromatic rings. The van der Waals surface area contributed by atoms with E-state index in [1.54, 1.807) is 6.07 Å². The van der Waals surface area contributed by atoms with E-state index in [0.29, 0.717) is 12.2 Å². The number of hydrogen-bond acceptors (Lipinski definition) is 3. The lowest BCUT2D eigenvalue weighted by molar-refractivity contribution is 0.100. The van der Waals surface area contributed by atoms with Gasteiger partial charge in [0.1, 0.15) is 11.6 Å². The molecule has 5 heteroatoms. The maximum Gasteiger partial charge on any atom is 0.252 e. The van der Waals surface area contributed by atoms with Crippen molar-refractivity contribution < 1.29 is 9.53 Å². The smallest absolute Gasteiger partial charge is 0.252 e. The summed E-state index contributed by atoms with van der Waals surface area (Å²) >= 11 is 0. The van der Waals surface area contributed by atoms with Gasteiger partial charge in [-0.25, -0.2) is 0 Å². The van der Waals surface area contributed by atoms with E-state index in [0.717, 1.165) is 23.4 Å². The fraction of sp³-hybridized carbons (Fsp3) is 0.214. The summed E-state index contributed by atoms with van der Waals surface area (Å²) in [5, 5.41) is 0. The minimum Gasteiger partial charge on any atom is -0.493 e. The minimum atomic E-state index is -0.549. The number of amides is 1. The molecular formula is C14H17N3O2. The van der Waals surface area contributed by atoms with Crippen LogP contribution in [0.25, 0.3) is 11.3 Å². The number of anilines is 1. The van der Waals surface area contributed by atoms with E-state index in [4.69, 9.17) is 16.2 Å². The molecule has 1 aromatic carbocycles. The second-order valence-electron chi connectivity index (χ2n) is 4.22. The Hall–Kier alpha value is -2.43.